The molecule has 1 aliphatic heterocycles. The zero-order valence-electron chi connectivity index (χ0n) is 15.6. The molecular weight excluding hydrogens is 362 g/mol. The highest BCUT2D eigenvalue weighted by Gasteiger charge is 2.35. The minimum Gasteiger partial charge on any atom is -0.494 e. The summed E-state index contributed by atoms with van der Waals surface area (Å²) in [5.74, 6) is -0.0931. The van der Waals surface area contributed by atoms with Crippen LogP contribution in [0.1, 0.15) is 30.3 Å². The number of carbonyl (C=O) groups is 3. The van der Waals surface area contributed by atoms with Crippen molar-refractivity contribution in [3.8, 4) is 5.75 Å². The molecule has 8 nitrogen and oxygen atoms in total. The van der Waals surface area contributed by atoms with Crippen molar-refractivity contribution in [1.82, 2.24) is 10.2 Å². The van der Waals surface area contributed by atoms with Gasteiger partial charge in [0.2, 0.25) is 11.8 Å². The van der Waals surface area contributed by atoms with Gasteiger partial charge >= 0.3 is 0 Å². The third kappa shape index (κ3) is 4.70. The molecule has 0 radical (unpaired) electrons. The zero-order chi connectivity index (χ0) is 19.9. The molecule has 3 rings (SSSR count). The van der Waals surface area contributed by atoms with Crippen molar-refractivity contribution in [2.75, 3.05) is 25.0 Å². The van der Waals surface area contributed by atoms with Crippen LogP contribution >= 0.6 is 0 Å². The van der Waals surface area contributed by atoms with Crippen LogP contribution in [0.25, 0.3) is 0 Å². The average Bonchev–Trinajstić information content (AvgIpc) is 3.39. The Morgan fingerprint density at radius 2 is 2.00 bits per heavy atom. The SMILES string of the molecule is CCOc1ccc(NC(=O)CNC(=O)C2CCCN2C(=O)c2ccco2)cc1. The van der Waals surface area contributed by atoms with E-state index in [1.807, 2.05) is 6.92 Å². The van der Waals surface area contributed by atoms with Gasteiger partial charge in [-0.2, -0.15) is 0 Å². The smallest absolute Gasteiger partial charge is 0.290 e. The van der Waals surface area contributed by atoms with Gasteiger partial charge in [0.05, 0.1) is 19.4 Å². The largest absolute Gasteiger partial charge is 0.494 e. The van der Waals surface area contributed by atoms with E-state index >= 15 is 0 Å². The maximum Gasteiger partial charge on any atom is 0.290 e. The Balaban J connectivity index is 1.50. The molecule has 1 fully saturated rings. The number of rotatable bonds is 7. The monoisotopic (exact) mass is 385 g/mol. The van der Waals surface area contributed by atoms with E-state index in [1.54, 1.807) is 36.4 Å². The Morgan fingerprint density at radius 1 is 1.21 bits per heavy atom. The van der Waals surface area contributed by atoms with E-state index in [1.165, 1.54) is 11.2 Å². The highest BCUT2D eigenvalue weighted by Crippen LogP contribution is 2.20. The lowest BCUT2D eigenvalue weighted by molar-refractivity contribution is -0.127. The molecule has 2 heterocycles. The number of hydrogen-bond donors (Lipinski definition) is 2. The standard InChI is InChI=1S/C20H23N3O5/c1-2-27-15-9-7-14(8-10-15)22-18(24)13-21-19(25)16-5-3-11-23(16)20(26)17-6-4-12-28-17/h4,6-10,12,16H,2-3,5,11,13H2,1H3,(H,21,25)(H,22,24). The summed E-state index contributed by atoms with van der Waals surface area (Å²) in [4.78, 5) is 38.5. The summed E-state index contributed by atoms with van der Waals surface area (Å²) in [6, 6.07) is 9.57. The maximum atomic E-state index is 12.5. The van der Waals surface area contributed by atoms with Crippen molar-refractivity contribution >= 4 is 23.4 Å². The molecule has 3 amide bonds. The molecule has 0 bridgehead atoms. The van der Waals surface area contributed by atoms with Crippen molar-refractivity contribution in [1.29, 1.82) is 0 Å². The van der Waals surface area contributed by atoms with Crippen LogP contribution < -0.4 is 15.4 Å². The first-order chi connectivity index (χ1) is 13.6. The van der Waals surface area contributed by atoms with Crippen molar-refractivity contribution < 1.29 is 23.5 Å². The molecule has 2 N–H and O–H groups in total. The topological polar surface area (TPSA) is 101 Å². The highest BCUT2D eigenvalue weighted by molar-refractivity contribution is 5.98. The molecule has 0 saturated carbocycles. The summed E-state index contributed by atoms with van der Waals surface area (Å²) in [6.07, 6.45) is 2.70. The number of nitrogens with one attached hydrogen (secondary N) is 2. The molecule has 28 heavy (non-hydrogen) atoms. The lowest BCUT2D eigenvalue weighted by Crippen LogP contribution is -2.47. The fourth-order valence-electron chi connectivity index (χ4n) is 3.12. The quantitative estimate of drug-likeness (QED) is 0.760. The summed E-state index contributed by atoms with van der Waals surface area (Å²) in [5.41, 5.74) is 0.609. The molecule has 0 spiro atoms. The van der Waals surface area contributed by atoms with E-state index in [0.29, 0.717) is 25.3 Å². The van der Waals surface area contributed by atoms with Crippen molar-refractivity contribution in [2.45, 2.75) is 25.8 Å². The molecule has 1 unspecified atom stereocenters. The predicted octanol–water partition coefficient (Wildman–Crippen LogP) is 2.04. The average molecular weight is 385 g/mol. The third-order valence-electron chi connectivity index (χ3n) is 4.42. The molecule has 1 saturated heterocycles. The molecule has 1 aliphatic rings. The van der Waals surface area contributed by atoms with Crippen LogP contribution in [0.2, 0.25) is 0 Å². The molecule has 8 heteroatoms. The van der Waals surface area contributed by atoms with E-state index in [9.17, 15) is 14.4 Å². The van der Waals surface area contributed by atoms with Gasteiger partial charge in [-0.15, -0.1) is 0 Å². The van der Waals surface area contributed by atoms with Crippen molar-refractivity contribution in [2.24, 2.45) is 0 Å². The second-order valence-electron chi connectivity index (χ2n) is 6.36. The van der Waals surface area contributed by atoms with Gasteiger partial charge in [-0.25, -0.2) is 0 Å². The van der Waals surface area contributed by atoms with Gasteiger partial charge < -0.3 is 24.7 Å². The van der Waals surface area contributed by atoms with Crippen LogP contribution in [-0.4, -0.2) is 48.4 Å². The van der Waals surface area contributed by atoms with Gasteiger partial charge in [-0.3, -0.25) is 14.4 Å². The summed E-state index contributed by atoms with van der Waals surface area (Å²) >= 11 is 0. The van der Waals surface area contributed by atoms with Gasteiger partial charge in [0.15, 0.2) is 5.76 Å². The fraction of sp³-hybridized carbons (Fsp3) is 0.350. The van der Waals surface area contributed by atoms with E-state index in [-0.39, 0.29) is 30.0 Å². The second kappa shape index (κ2) is 9.07. The first-order valence-electron chi connectivity index (χ1n) is 9.23. The number of carbonyl (C=O) groups excluding carboxylic acids is 3. The number of nitrogens with zero attached hydrogens (tertiary/aromatic N) is 1. The molecule has 148 valence electrons. The van der Waals surface area contributed by atoms with Crippen LogP contribution in [-0.2, 0) is 9.59 Å². The Kier molecular flexibility index (Phi) is 6.31. The van der Waals surface area contributed by atoms with Crippen LogP contribution in [0.5, 0.6) is 5.75 Å². The normalized spacial score (nSPS) is 15.9. The molecule has 1 aromatic carbocycles. The lowest BCUT2D eigenvalue weighted by atomic mass is 10.2. The minimum absolute atomic E-state index is 0.175. The Bertz CT molecular complexity index is 817. The number of ether oxygens (including phenoxy) is 1. The van der Waals surface area contributed by atoms with Gasteiger partial charge in [0.1, 0.15) is 11.8 Å². The summed E-state index contributed by atoms with van der Waals surface area (Å²) in [6.45, 7) is 2.77. The summed E-state index contributed by atoms with van der Waals surface area (Å²) in [5, 5.41) is 5.32. The first-order valence-corrected chi connectivity index (χ1v) is 9.23. The van der Waals surface area contributed by atoms with Gasteiger partial charge in [-0.05, 0) is 56.2 Å². The van der Waals surface area contributed by atoms with Crippen LogP contribution in [0.3, 0.4) is 0 Å². The number of anilines is 1. The third-order valence-corrected chi connectivity index (χ3v) is 4.42. The Morgan fingerprint density at radius 3 is 2.68 bits per heavy atom. The van der Waals surface area contributed by atoms with Gasteiger partial charge in [0, 0.05) is 12.2 Å². The molecular formula is C20H23N3O5. The number of benzene rings is 1. The molecule has 1 aromatic heterocycles. The van der Waals surface area contributed by atoms with Crippen molar-refractivity contribution in [3.63, 3.8) is 0 Å². The van der Waals surface area contributed by atoms with Gasteiger partial charge in [-0.1, -0.05) is 0 Å². The minimum atomic E-state index is -0.601. The molecule has 0 aliphatic carbocycles. The summed E-state index contributed by atoms with van der Waals surface area (Å²) < 4.78 is 10.5. The number of hydrogen-bond acceptors (Lipinski definition) is 5. The van der Waals surface area contributed by atoms with Gasteiger partial charge in [0.25, 0.3) is 5.91 Å². The van der Waals surface area contributed by atoms with E-state index in [0.717, 1.165) is 12.2 Å². The van der Waals surface area contributed by atoms with E-state index in [4.69, 9.17) is 9.15 Å². The Hall–Kier alpha value is -3.29. The first kappa shape index (κ1) is 19.5. The highest BCUT2D eigenvalue weighted by atomic mass is 16.5. The zero-order valence-corrected chi connectivity index (χ0v) is 15.6. The molecule has 1 atom stereocenters. The Labute approximate surface area is 162 Å². The van der Waals surface area contributed by atoms with Crippen LogP contribution in [0, 0.1) is 0 Å². The van der Waals surface area contributed by atoms with Crippen LogP contribution in [0.15, 0.2) is 47.1 Å². The second-order valence-corrected chi connectivity index (χ2v) is 6.36. The number of furan rings is 1. The number of amides is 3. The molecule has 2 aromatic rings. The predicted molar refractivity (Wildman–Crippen MR) is 102 cm³/mol. The maximum absolute atomic E-state index is 12.5. The summed E-state index contributed by atoms with van der Waals surface area (Å²) in [7, 11) is 0. The number of likely N-dealkylation sites (tertiary alicyclic amines) is 1. The van der Waals surface area contributed by atoms with Crippen LogP contribution in [0.4, 0.5) is 5.69 Å². The van der Waals surface area contributed by atoms with E-state index < -0.39 is 6.04 Å². The fourth-order valence-corrected chi connectivity index (χ4v) is 3.12. The van der Waals surface area contributed by atoms with Crippen molar-refractivity contribution in [3.05, 3.63) is 48.4 Å². The van der Waals surface area contributed by atoms with E-state index in [2.05, 4.69) is 10.6 Å². The lowest BCUT2D eigenvalue weighted by Gasteiger charge is -2.22.